The minimum absolute atomic E-state index is 0.000616. The average Bonchev–Trinajstić information content (AvgIpc) is 3.04. The number of carbonyl (C=O) groups excluding carboxylic acids is 2. The molecular weight excluding hydrogens is 344 g/mol. The number of thioether (sulfide) groups is 1. The van der Waals surface area contributed by atoms with E-state index in [0.29, 0.717) is 12.5 Å². The highest BCUT2D eigenvalue weighted by Gasteiger charge is 2.35. The zero-order chi connectivity index (χ0) is 18.7. The van der Waals surface area contributed by atoms with Crippen LogP contribution >= 0.6 is 11.8 Å². The quantitative estimate of drug-likeness (QED) is 0.789. The Kier molecular flexibility index (Phi) is 5.67. The number of hydrogen-bond acceptors (Lipinski definition) is 3. The van der Waals surface area contributed by atoms with Gasteiger partial charge in [0.2, 0.25) is 11.8 Å². The first kappa shape index (κ1) is 18.5. The molecule has 0 aliphatic carbocycles. The lowest BCUT2D eigenvalue weighted by atomic mass is 10.0. The summed E-state index contributed by atoms with van der Waals surface area (Å²) in [6, 6.07) is 15.8. The molecule has 2 aromatic carbocycles. The van der Waals surface area contributed by atoms with Crippen molar-refractivity contribution in [3.63, 3.8) is 0 Å². The summed E-state index contributed by atoms with van der Waals surface area (Å²) >= 11 is 1.64. The van der Waals surface area contributed by atoms with Gasteiger partial charge in [0.15, 0.2) is 0 Å². The van der Waals surface area contributed by atoms with Crippen molar-refractivity contribution in [1.29, 1.82) is 0 Å². The molecular formula is C21H24N2O2S. The number of carbonyl (C=O) groups is 2. The lowest BCUT2D eigenvalue weighted by Gasteiger charge is -2.17. The Hall–Kier alpha value is -2.27. The summed E-state index contributed by atoms with van der Waals surface area (Å²) in [5.41, 5.74) is 2.83. The Morgan fingerprint density at radius 1 is 1.19 bits per heavy atom. The third-order valence-corrected chi connectivity index (χ3v) is 5.41. The van der Waals surface area contributed by atoms with Gasteiger partial charge in [0.05, 0.1) is 5.92 Å². The zero-order valence-corrected chi connectivity index (χ0v) is 16.2. The molecule has 2 aromatic rings. The number of nitrogens with zero attached hydrogens (tertiary/aromatic N) is 1. The molecule has 0 aromatic heterocycles. The van der Waals surface area contributed by atoms with Gasteiger partial charge >= 0.3 is 0 Å². The molecule has 0 bridgehead atoms. The fourth-order valence-electron chi connectivity index (χ4n) is 3.13. The van der Waals surface area contributed by atoms with E-state index in [1.165, 1.54) is 5.56 Å². The Morgan fingerprint density at radius 3 is 2.69 bits per heavy atom. The minimum atomic E-state index is -0.330. The summed E-state index contributed by atoms with van der Waals surface area (Å²) in [7, 11) is 0. The summed E-state index contributed by atoms with van der Waals surface area (Å²) < 4.78 is 0. The topological polar surface area (TPSA) is 49.4 Å². The maximum absolute atomic E-state index is 12.6. The fraction of sp³-hybridized carbons (Fsp3) is 0.333. The van der Waals surface area contributed by atoms with E-state index >= 15 is 0 Å². The Labute approximate surface area is 159 Å². The molecule has 26 heavy (non-hydrogen) atoms. The van der Waals surface area contributed by atoms with Crippen LogP contribution in [0.15, 0.2) is 53.4 Å². The Bertz CT molecular complexity index is 819. The third-order valence-electron chi connectivity index (χ3n) is 4.68. The first-order chi connectivity index (χ1) is 12.5. The lowest BCUT2D eigenvalue weighted by Crippen LogP contribution is -2.28. The van der Waals surface area contributed by atoms with Crippen LogP contribution in [-0.2, 0) is 9.59 Å². The van der Waals surface area contributed by atoms with E-state index in [9.17, 15) is 9.59 Å². The van der Waals surface area contributed by atoms with Gasteiger partial charge in [0.1, 0.15) is 0 Å². The monoisotopic (exact) mass is 368 g/mol. The molecule has 0 saturated carbocycles. The molecule has 5 heteroatoms. The molecule has 1 heterocycles. The van der Waals surface area contributed by atoms with Crippen LogP contribution in [0, 0.1) is 5.92 Å². The second-order valence-electron chi connectivity index (χ2n) is 6.88. The molecule has 1 N–H and O–H groups in total. The number of rotatable bonds is 5. The van der Waals surface area contributed by atoms with Gasteiger partial charge in [0.25, 0.3) is 0 Å². The van der Waals surface area contributed by atoms with Gasteiger partial charge in [-0.1, -0.05) is 32.0 Å². The molecule has 4 nitrogen and oxygen atoms in total. The van der Waals surface area contributed by atoms with Crippen molar-refractivity contribution in [2.24, 2.45) is 5.92 Å². The summed E-state index contributed by atoms with van der Waals surface area (Å²) in [5.74, 6) is -0.0237. The van der Waals surface area contributed by atoms with E-state index < -0.39 is 0 Å². The number of anilines is 2. The van der Waals surface area contributed by atoms with Crippen LogP contribution in [0.3, 0.4) is 0 Å². The maximum atomic E-state index is 12.6. The molecule has 1 aliphatic rings. The van der Waals surface area contributed by atoms with Gasteiger partial charge in [-0.3, -0.25) is 9.59 Å². The second kappa shape index (κ2) is 7.96. The fourth-order valence-corrected chi connectivity index (χ4v) is 3.58. The van der Waals surface area contributed by atoms with Crippen LogP contribution in [0.25, 0.3) is 0 Å². The van der Waals surface area contributed by atoms with Crippen LogP contribution in [0.2, 0.25) is 0 Å². The summed E-state index contributed by atoms with van der Waals surface area (Å²) in [4.78, 5) is 27.9. The third kappa shape index (κ3) is 4.10. The number of nitrogens with one attached hydrogen (secondary N) is 1. The standard InChI is InChI=1S/C21H24N2O2S/c1-14(2)15-6-4-7-17(10-15)22-21(25)16-11-20(24)23(13-16)18-8-5-9-19(12-18)26-3/h4-10,12,14,16H,11,13H2,1-3H3,(H,22,25). The molecule has 1 unspecified atom stereocenters. The lowest BCUT2D eigenvalue weighted by molar-refractivity contribution is -0.122. The van der Waals surface area contributed by atoms with E-state index in [1.807, 2.05) is 48.7 Å². The molecule has 0 radical (unpaired) electrons. The smallest absolute Gasteiger partial charge is 0.229 e. The Morgan fingerprint density at radius 2 is 1.96 bits per heavy atom. The van der Waals surface area contributed by atoms with Gasteiger partial charge in [-0.25, -0.2) is 0 Å². The molecule has 1 aliphatic heterocycles. The van der Waals surface area contributed by atoms with Crippen LogP contribution in [0.5, 0.6) is 0 Å². The number of hydrogen-bond donors (Lipinski definition) is 1. The average molecular weight is 369 g/mol. The number of benzene rings is 2. The van der Waals surface area contributed by atoms with Crippen molar-refractivity contribution in [3.05, 3.63) is 54.1 Å². The summed E-state index contributed by atoms with van der Waals surface area (Å²) in [6.45, 7) is 4.67. The second-order valence-corrected chi connectivity index (χ2v) is 7.76. The van der Waals surface area contributed by atoms with E-state index in [-0.39, 0.29) is 24.2 Å². The molecule has 2 amide bonds. The number of amides is 2. The van der Waals surface area contributed by atoms with Crippen LogP contribution < -0.4 is 10.2 Å². The van der Waals surface area contributed by atoms with E-state index in [4.69, 9.17) is 0 Å². The molecule has 1 saturated heterocycles. The van der Waals surface area contributed by atoms with Gasteiger partial charge in [-0.05, 0) is 48.1 Å². The van der Waals surface area contributed by atoms with Crippen LogP contribution in [0.1, 0.15) is 31.7 Å². The van der Waals surface area contributed by atoms with Crippen molar-refractivity contribution in [3.8, 4) is 0 Å². The molecule has 3 rings (SSSR count). The molecule has 0 spiro atoms. The Balaban J connectivity index is 1.70. The molecule has 136 valence electrons. The van der Waals surface area contributed by atoms with E-state index in [1.54, 1.807) is 16.7 Å². The highest BCUT2D eigenvalue weighted by Crippen LogP contribution is 2.29. The van der Waals surface area contributed by atoms with Crippen molar-refractivity contribution < 1.29 is 9.59 Å². The summed E-state index contributed by atoms with van der Waals surface area (Å²) in [6.07, 6.45) is 2.26. The highest BCUT2D eigenvalue weighted by atomic mass is 32.2. The van der Waals surface area contributed by atoms with Crippen molar-refractivity contribution in [1.82, 2.24) is 0 Å². The van der Waals surface area contributed by atoms with E-state index in [2.05, 4.69) is 25.2 Å². The van der Waals surface area contributed by atoms with Crippen LogP contribution in [-0.4, -0.2) is 24.6 Å². The summed E-state index contributed by atoms with van der Waals surface area (Å²) in [5, 5.41) is 2.97. The largest absolute Gasteiger partial charge is 0.326 e. The first-order valence-corrected chi connectivity index (χ1v) is 10.1. The van der Waals surface area contributed by atoms with Crippen molar-refractivity contribution >= 4 is 35.0 Å². The predicted molar refractivity (Wildman–Crippen MR) is 108 cm³/mol. The van der Waals surface area contributed by atoms with Gasteiger partial charge in [-0.15, -0.1) is 11.8 Å². The van der Waals surface area contributed by atoms with Gasteiger partial charge in [0, 0.05) is 29.2 Å². The van der Waals surface area contributed by atoms with Gasteiger partial charge < -0.3 is 10.2 Å². The molecule has 1 fully saturated rings. The predicted octanol–water partition coefficient (Wildman–Crippen LogP) is 4.52. The van der Waals surface area contributed by atoms with Crippen molar-refractivity contribution in [2.45, 2.75) is 31.1 Å². The minimum Gasteiger partial charge on any atom is -0.326 e. The van der Waals surface area contributed by atoms with Crippen LogP contribution in [0.4, 0.5) is 11.4 Å². The molecule has 1 atom stereocenters. The zero-order valence-electron chi connectivity index (χ0n) is 15.4. The SMILES string of the molecule is CSc1cccc(N2CC(C(=O)Nc3cccc(C(C)C)c3)CC2=O)c1. The van der Waals surface area contributed by atoms with Crippen molar-refractivity contribution in [2.75, 3.05) is 23.0 Å². The first-order valence-electron chi connectivity index (χ1n) is 8.83. The van der Waals surface area contributed by atoms with E-state index in [0.717, 1.165) is 16.3 Å². The highest BCUT2D eigenvalue weighted by molar-refractivity contribution is 7.98. The maximum Gasteiger partial charge on any atom is 0.229 e. The normalized spacial score (nSPS) is 17.0. The van der Waals surface area contributed by atoms with Gasteiger partial charge in [-0.2, -0.15) is 0 Å².